The monoisotopic (exact) mass is 250 g/mol. The van der Waals surface area contributed by atoms with Crippen LogP contribution in [0.15, 0.2) is 24.3 Å². The number of rotatable bonds is 4. The lowest BCUT2D eigenvalue weighted by Crippen LogP contribution is -2.37. The summed E-state index contributed by atoms with van der Waals surface area (Å²) >= 11 is 0. The van der Waals surface area contributed by atoms with Gasteiger partial charge in [0, 0.05) is 5.69 Å². The van der Waals surface area contributed by atoms with E-state index in [9.17, 15) is 4.79 Å². The molecule has 1 aromatic carbocycles. The topological polar surface area (TPSA) is 55.6 Å². The summed E-state index contributed by atoms with van der Waals surface area (Å²) in [5, 5.41) is 1.41. The average molecular weight is 250 g/mol. The third-order valence-corrected chi connectivity index (χ3v) is 2.42. The molecule has 4 heteroatoms. The van der Waals surface area contributed by atoms with Gasteiger partial charge in [-0.1, -0.05) is 32.9 Å². The van der Waals surface area contributed by atoms with E-state index in [0.717, 1.165) is 5.56 Å². The summed E-state index contributed by atoms with van der Waals surface area (Å²) in [5.41, 5.74) is 7.26. The van der Waals surface area contributed by atoms with Gasteiger partial charge in [-0.25, -0.2) is 5.06 Å². The van der Waals surface area contributed by atoms with Crippen LogP contribution in [0.2, 0.25) is 0 Å². The van der Waals surface area contributed by atoms with Gasteiger partial charge in [0.25, 0.3) is 5.91 Å². The van der Waals surface area contributed by atoms with Crippen molar-refractivity contribution >= 4 is 11.6 Å². The molecule has 2 N–H and O–H groups in total. The molecule has 0 aliphatic carbocycles. The number of nitrogen functional groups attached to an aromatic ring is 1. The molecule has 0 fully saturated rings. The van der Waals surface area contributed by atoms with Crippen molar-refractivity contribution in [3.63, 3.8) is 0 Å². The third kappa shape index (κ3) is 4.75. The molecule has 0 bridgehead atoms. The Labute approximate surface area is 109 Å². The zero-order valence-electron chi connectivity index (χ0n) is 11.6. The average Bonchev–Trinajstić information content (AvgIpc) is 2.24. The highest BCUT2D eigenvalue weighted by molar-refractivity contribution is 5.78. The Balaban J connectivity index is 2.68. The van der Waals surface area contributed by atoms with Gasteiger partial charge in [0.05, 0.1) is 20.1 Å². The summed E-state index contributed by atoms with van der Waals surface area (Å²) in [4.78, 5) is 17.2. The standard InChI is InChI=1S/C14H22N2O2/c1-14(2,3)10-16(18-4)13(17)9-11-6-5-7-12(15)8-11/h5-8H,9-10,15H2,1-4H3. The van der Waals surface area contributed by atoms with Gasteiger partial charge in [0.15, 0.2) is 0 Å². The fraction of sp³-hybridized carbons (Fsp3) is 0.500. The molecule has 1 amide bonds. The molecule has 100 valence electrons. The molecule has 4 nitrogen and oxygen atoms in total. The smallest absolute Gasteiger partial charge is 0.250 e. The maximum atomic E-state index is 12.1. The molecule has 0 unspecified atom stereocenters. The lowest BCUT2D eigenvalue weighted by Gasteiger charge is -2.27. The second-order valence-corrected chi connectivity index (χ2v) is 5.60. The van der Waals surface area contributed by atoms with Crippen LogP contribution in [0.25, 0.3) is 0 Å². The Bertz CT molecular complexity index is 411. The van der Waals surface area contributed by atoms with E-state index in [4.69, 9.17) is 10.6 Å². The molecule has 0 heterocycles. The highest BCUT2D eigenvalue weighted by Crippen LogP contribution is 2.16. The van der Waals surface area contributed by atoms with Gasteiger partial charge in [-0.05, 0) is 23.1 Å². The van der Waals surface area contributed by atoms with Crippen LogP contribution in [0.5, 0.6) is 0 Å². The Morgan fingerprint density at radius 2 is 2.06 bits per heavy atom. The van der Waals surface area contributed by atoms with Gasteiger partial charge in [0.2, 0.25) is 0 Å². The predicted molar refractivity (Wildman–Crippen MR) is 72.7 cm³/mol. The highest BCUT2D eigenvalue weighted by atomic mass is 16.7. The number of benzene rings is 1. The maximum Gasteiger partial charge on any atom is 0.250 e. The summed E-state index contributed by atoms with van der Waals surface area (Å²) in [5.74, 6) is -0.0574. The van der Waals surface area contributed by atoms with E-state index < -0.39 is 0 Å². The van der Waals surface area contributed by atoms with Crippen LogP contribution >= 0.6 is 0 Å². The minimum atomic E-state index is -0.0574. The highest BCUT2D eigenvalue weighted by Gasteiger charge is 2.21. The lowest BCUT2D eigenvalue weighted by molar-refractivity contribution is -0.181. The Morgan fingerprint density at radius 1 is 1.39 bits per heavy atom. The first-order chi connectivity index (χ1) is 8.31. The minimum absolute atomic E-state index is 0.00137. The van der Waals surface area contributed by atoms with Crippen molar-refractivity contribution in [1.82, 2.24) is 5.06 Å². The SMILES string of the molecule is CON(CC(C)(C)C)C(=O)Cc1cccc(N)c1. The van der Waals surface area contributed by atoms with E-state index in [-0.39, 0.29) is 11.3 Å². The lowest BCUT2D eigenvalue weighted by atomic mass is 9.96. The fourth-order valence-corrected chi connectivity index (χ4v) is 1.65. The van der Waals surface area contributed by atoms with Gasteiger partial charge in [0.1, 0.15) is 0 Å². The number of carbonyl (C=O) groups excluding carboxylic acids is 1. The largest absolute Gasteiger partial charge is 0.399 e. The molecule has 0 radical (unpaired) electrons. The van der Waals surface area contributed by atoms with Crippen molar-refractivity contribution in [3.8, 4) is 0 Å². The molecular formula is C14H22N2O2. The molecule has 0 aliphatic heterocycles. The zero-order valence-corrected chi connectivity index (χ0v) is 11.6. The van der Waals surface area contributed by atoms with Crippen molar-refractivity contribution < 1.29 is 9.63 Å². The van der Waals surface area contributed by atoms with Crippen LogP contribution in [-0.4, -0.2) is 24.6 Å². The zero-order chi connectivity index (χ0) is 13.8. The molecule has 0 saturated carbocycles. The van der Waals surface area contributed by atoms with Gasteiger partial charge in [-0.3, -0.25) is 9.63 Å². The quantitative estimate of drug-likeness (QED) is 0.658. The van der Waals surface area contributed by atoms with Crippen molar-refractivity contribution in [2.45, 2.75) is 27.2 Å². The molecule has 18 heavy (non-hydrogen) atoms. The van der Waals surface area contributed by atoms with Crippen LogP contribution in [0.4, 0.5) is 5.69 Å². The number of nitrogens with two attached hydrogens (primary N) is 1. The maximum absolute atomic E-state index is 12.1. The van der Waals surface area contributed by atoms with Gasteiger partial charge >= 0.3 is 0 Å². The van der Waals surface area contributed by atoms with Crippen LogP contribution in [0.3, 0.4) is 0 Å². The number of hydroxylamine groups is 2. The summed E-state index contributed by atoms with van der Waals surface area (Å²) in [6.45, 7) is 6.75. The predicted octanol–water partition coefficient (Wildman–Crippen LogP) is 2.25. The molecular weight excluding hydrogens is 228 g/mol. The Hall–Kier alpha value is -1.55. The number of hydrogen-bond acceptors (Lipinski definition) is 3. The molecule has 1 aromatic rings. The molecule has 0 atom stereocenters. The second kappa shape index (κ2) is 5.87. The number of anilines is 1. The van der Waals surface area contributed by atoms with Crippen LogP contribution < -0.4 is 5.73 Å². The number of hydrogen-bond donors (Lipinski definition) is 1. The fourth-order valence-electron chi connectivity index (χ4n) is 1.65. The number of amides is 1. The first-order valence-electron chi connectivity index (χ1n) is 6.01. The Morgan fingerprint density at radius 3 is 2.56 bits per heavy atom. The molecule has 0 spiro atoms. The molecule has 1 rings (SSSR count). The third-order valence-electron chi connectivity index (χ3n) is 2.42. The van der Waals surface area contributed by atoms with E-state index in [1.54, 1.807) is 6.07 Å². The van der Waals surface area contributed by atoms with Crippen molar-refractivity contribution in [1.29, 1.82) is 0 Å². The Kier molecular flexibility index (Phi) is 4.73. The number of nitrogens with zero attached hydrogens (tertiary/aromatic N) is 1. The van der Waals surface area contributed by atoms with Crippen molar-refractivity contribution in [3.05, 3.63) is 29.8 Å². The summed E-state index contributed by atoms with van der Waals surface area (Å²) in [7, 11) is 1.52. The van der Waals surface area contributed by atoms with Gasteiger partial charge in [-0.15, -0.1) is 0 Å². The van der Waals surface area contributed by atoms with Gasteiger partial charge < -0.3 is 5.73 Å². The van der Waals surface area contributed by atoms with Crippen molar-refractivity contribution in [2.75, 3.05) is 19.4 Å². The second-order valence-electron chi connectivity index (χ2n) is 5.60. The summed E-state index contributed by atoms with van der Waals surface area (Å²) < 4.78 is 0. The van der Waals surface area contributed by atoms with E-state index in [1.165, 1.54) is 12.2 Å². The van der Waals surface area contributed by atoms with E-state index in [1.807, 2.05) is 18.2 Å². The van der Waals surface area contributed by atoms with Crippen LogP contribution in [0, 0.1) is 5.41 Å². The first-order valence-corrected chi connectivity index (χ1v) is 6.01. The molecule has 0 saturated heterocycles. The summed E-state index contributed by atoms with van der Waals surface area (Å²) in [6, 6.07) is 7.35. The molecule has 0 aromatic heterocycles. The van der Waals surface area contributed by atoms with E-state index in [2.05, 4.69) is 20.8 Å². The van der Waals surface area contributed by atoms with Crippen molar-refractivity contribution in [2.24, 2.45) is 5.41 Å². The number of carbonyl (C=O) groups is 1. The first kappa shape index (κ1) is 14.5. The van der Waals surface area contributed by atoms with E-state index in [0.29, 0.717) is 18.7 Å². The normalized spacial score (nSPS) is 11.3. The molecule has 0 aliphatic rings. The van der Waals surface area contributed by atoms with Crippen LogP contribution in [-0.2, 0) is 16.1 Å². The van der Waals surface area contributed by atoms with E-state index >= 15 is 0 Å². The van der Waals surface area contributed by atoms with Gasteiger partial charge in [-0.2, -0.15) is 0 Å². The minimum Gasteiger partial charge on any atom is -0.399 e. The summed E-state index contributed by atoms with van der Waals surface area (Å²) in [6.07, 6.45) is 0.301. The van der Waals surface area contributed by atoms with Crippen LogP contribution in [0.1, 0.15) is 26.3 Å².